The summed E-state index contributed by atoms with van der Waals surface area (Å²) >= 11 is 1.66. The maximum absolute atomic E-state index is 12.4. The van der Waals surface area contributed by atoms with Crippen LogP contribution >= 0.6 is 11.3 Å². The normalized spacial score (nSPS) is 30.2. The number of carbonyl (C=O) groups excluding carboxylic acids is 1. The Morgan fingerprint density at radius 3 is 2.74 bits per heavy atom. The first-order chi connectivity index (χ1) is 9.28. The predicted molar refractivity (Wildman–Crippen MR) is 77.0 cm³/mol. The fourth-order valence-corrected chi connectivity index (χ4v) is 3.92. The lowest BCUT2D eigenvalue weighted by atomic mass is 9.99. The Kier molecular flexibility index (Phi) is 3.71. The van der Waals surface area contributed by atoms with Gasteiger partial charge in [0.05, 0.1) is 6.10 Å². The van der Waals surface area contributed by atoms with Crippen LogP contribution in [0.3, 0.4) is 0 Å². The lowest BCUT2D eigenvalue weighted by molar-refractivity contribution is -0.132. The number of thiophene rings is 1. The standard InChI is InChI=1S/C15H19NO2S/c1-18-13-9-11-4-5-12(10-13)16(11)15(17)7-6-14-3-2-8-19-14/h2-3,6-8,11-13H,4-5,9-10H2,1H3/b7-6+. The first kappa shape index (κ1) is 12.9. The molecule has 0 aliphatic carbocycles. The first-order valence-corrected chi connectivity index (χ1v) is 7.72. The van der Waals surface area contributed by atoms with Gasteiger partial charge in [0.25, 0.3) is 0 Å². The van der Waals surface area contributed by atoms with Crippen LogP contribution in [0.1, 0.15) is 30.6 Å². The summed E-state index contributed by atoms with van der Waals surface area (Å²) in [6.45, 7) is 0. The molecule has 0 saturated carbocycles. The van der Waals surface area contributed by atoms with Gasteiger partial charge in [0.15, 0.2) is 0 Å². The minimum absolute atomic E-state index is 0.162. The largest absolute Gasteiger partial charge is 0.381 e. The van der Waals surface area contributed by atoms with Crippen molar-refractivity contribution in [1.29, 1.82) is 0 Å². The third-order valence-corrected chi connectivity index (χ3v) is 5.05. The van der Waals surface area contributed by atoms with E-state index in [0.29, 0.717) is 18.2 Å². The summed E-state index contributed by atoms with van der Waals surface area (Å²) in [5.74, 6) is 0.162. The van der Waals surface area contributed by atoms with Crippen molar-refractivity contribution in [2.45, 2.75) is 43.9 Å². The molecule has 2 aliphatic rings. The number of hydrogen-bond acceptors (Lipinski definition) is 3. The van der Waals surface area contributed by atoms with Crippen molar-refractivity contribution in [3.8, 4) is 0 Å². The van der Waals surface area contributed by atoms with E-state index in [1.807, 2.05) is 23.6 Å². The van der Waals surface area contributed by atoms with Crippen molar-refractivity contribution >= 4 is 23.3 Å². The molecule has 102 valence electrons. The molecule has 1 aromatic rings. The number of amides is 1. The molecule has 0 spiro atoms. The Bertz CT molecular complexity index is 454. The second kappa shape index (κ2) is 5.47. The second-order valence-corrected chi connectivity index (χ2v) is 6.29. The topological polar surface area (TPSA) is 29.5 Å². The predicted octanol–water partition coefficient (Wildman–Crippen LogP) is 2.93. The third-order valence-electron chi connectivity index (χ3n) is 4.21. The molecule has 2 unspecified atom stereocenters. The highest BCUT2D eigenvalue weighted by Crippen LogP contribution is 2.36. The Hall–Kier alpha value is -1.13. The molecule has 3 nitrogen and oxygen atoms in total. The van der Waals surface area contributed by atoms with Crippen LogP contribution in [0.15, 0.2) is 23.6 Å². The maximum Gasteiger partial charge on any atom is 0.247 e. The fourth-order valence-electron chi connectivity index (χ4n) is 3.30. The molecule has 0 radical (unpaired) electrons. The minimum Gasteiger partial charge on any atom is -0.381 e. The van der Waals surface area contributed by atoms with Crippen LogP contribution in [-0.4, -0.2) is 36.1 Å². The van der Waals surface area contributed by atoms with E-state index in [-0.39, 0.29) is 5.91 Å². The molecule has 2 fully saturated rings. The molecule has 2 saturated heterocycles. The van der Waals surface area contributed by atoms with Gasteiger partial charge in [-0.05, 0) is 43.2 Å². The number of nitrogens with zero attached hydrogens (tertiary/aromatic N) is 1. The van der Waals surface area contributed by atoms with Crippen LogP contribution in [0.4, 0.5) is 0 Å². The molecule has 3 heterocycles. The van der Waals surface area contributed by atoms with Crippen molar-refractivity contribution in [3.05, 3.63) is 28.5 Å². The van der Waals surface area contributed by atoms with Crippen molar-refractivity contribution < 1.29 is 9.53 Å². The SMILES string of the molecule is COC1CC2CCC(C1)N2C(=O)/C=C/c1cccs1. The molecular weight excluding hydrogens is 258 g/mol. The highest BCUT2D eigenvalue weighted by Gasteiger charge is 2.42. The highest BCUT2D eigenvalue weighted by molar-refractivity contribution is 7.10. The Morgan fingerprint density at radius 1 is 1.42 bits per heavy atom. The first-order valence-electron chi connectivity index (χ1n) is 6.84. The monoisotopic (exact) mass is 277 g/mol. The molecular formula is C15H19NO2S. The van der Waals surface area contributed by atoms with Crippen LogP contribution in [0.2, 0.25) is 0 Å². The lowest BCUT2D eigenvalue weighted by Gasteiger charge is -2.37. The fraction of sp³-hybridized carbons (Fsp3) is 0.533. The van der Waals surface area contributed by atoms with Crippen LogP contribution in [-0.2, 0) is 9.53 Å². The molecule has 2 bridgehead atoms. The highest BCUT2D eigenvalue weighted by atomic mass is 32.1. The number of fused-ring (bicyclic) bond motifs is 2. The molecule has 2 aliphatic heterocycles. The quantitative estimate of drug-likeness (QED) is 0.795. The van der Waals surface area contributed by atoms with Crippen molar-refractivity contribution in [2.24, 2.45) is 0 Å². The second-order valence-electron chi connectivity index (χ2n) is 5.31. The Labute approximate surface area is 117 Å². The summed E-state index contributed by atoms with van der Waals surface area (Å²) in [6.07, 6.45) is 8.23. The van der Waals surface area contributed by atoms with E-state index in [1.54, 1.807) is 24.5 Å². The van der Waals surface area contributed by atoms with Gasteiger partial charge in [-0.3, -0.25) is 4.79 Å². The molecule has 2 atom stereocenters. The molecule has 0 N–H and O–H groups in total. The van der Waals surface area contributed by atoms with Gasteiger partial charge in [-0.2, -0.15) is 0 Å². The molecule has 1 amide bonds. The van der Waals surface area contributed by atoms with Crippen molar-refractivity contribution in [3.63, 3.8) is 0 Å². The van der Waals surface area contributed by atoms with Gasteiger partial charge >= 0.3 is 0 Å². The van der Waals surface area contributed by atoms with Crippen molar-refractivity contribution in [2.75, 3.05) is 7.11 Å². The number of ether oxygens (including phenoxy) is 1. The van der Waals surface area contributed by atoms with Crippen molar-refractivity contribution in [1.82, 2.24) is 4.90 Å². The maximum atomic E-state index is 12.4. The van der Waals surface area contributed by atoms with E-state index in [0.717, 1.165) is 30.6 Å². The Balaban J connectivity index is 1.68. The summed E-state index contributed by atoms with van der Waals surface area (Å²) in [5.41, 5.74) is 0. The van der Waals surface area contributed by atoms with Gasteiger partial charge in [0, 0.05) is 30.1 Å². The van der Waals surface area contributed by atoms with Gasteiger partial charge < -0.3 is 9.64 Å². The smallest absolute Gasteiger partial charge is 0.247 e. The van der Waals surface area contributed by atoms with E-state index in [9.17, 15) is 4.79 Å². The molecule has 4 heteroatoms. The van der Waals surface area contributed by atoms with E-state index < -0.39 is 0 Å². The van der Waals surface area contributed by atoms with Gasteiger partial charge in [-0.25, -0.2) is 0 Å². The number of methoxy groups -OCH3 is 1. The van der Waals surface area contributed by atoms with Gasteiger partial charge in [-0.1, -0.05) is 6.07 Å². The van der Waals surface area contributed by atoms with Crippen LogP contribution in [0, 0.1) is 0 Å². The number of piperidine rings is 1. The summed E-state index contributed by atoms with van der Waals surface area (Å²) in [5, 5.41) is 2.03. The van der Waals surface area contributed by atoms with Crippen LogP contribution in [0.25, 0.3) is 6.08 Å². The number of hydrogen-bond donors (Lipinski definition) is 0. The average molecular weight is 277 g/mol. The minimum atomic E-state index is 0.162. The molecule has 3 rings (SSSR count). The zero-order valence-corrected chi connectivity index (χ0v) is 11.9. The summed E-state index contributed by atoms with van der Waals surface area (Å²) in [4.78, 5) is 15.6. The van der Waals surface area contributed by atoms with E-state index in [1.165, 1.54) is 0 Å². The summed E-state index contributed by atoms with van der Waals surface area (Å²) in [7, 11) is 1.78. The average Bonchev–Trinajstić information content (AvgIpc) is 3.02. The van der Waals surface area contributed by atoms with Gasteiger partial charge in [-0.15, -0.1) is 11.3 Å². The number of carbonyl (C=O) groups is 1. The summed E-state index contributed by atoms with van der Waals surface area (Å²) < 4.78 is 5.46. The molecule has 1 aromatic heterocycles. The van der Waals surface area contributed by atoms with E-state index >= 15 is 0 Å². The summed E-state index contributed by atoms with van der Waals surface area (Å²) in [6, 6.07) is 4.79. The zero-order valence-electron chi connectivity index (χ0n) is 11.1. The van der Waals surface area contributed by atoms with Gasteiger partial charge in [0.1, 0.15) is 0 Å². The molecule has 19 heavy (non-hydrogen) atoms. The lowest BCUT2D eigenvalue weighted by Crippen LogP contribution is -2.47. The Morgan fingerprint density at radius 2 is 2.16 bits per heavy atom. The van der Waals surface area contributed by atoms with Crippen LogP contribution < -0.4 is 0 Å². The zero-order chi connectivity index (χ0) is 13.2. The number of rotatable bonds is 3. The van der Waals surface area contributed by atoms with Gasteiger partial charge in [0.2, 0.25) is 5.91 Å². The van der Waals surface area contributed by atoms with Crippen LogP contribution in [0.5, 0.6) is 0 Å². The molecule has 0 aromatic carbocycles. The van der Waals surface area contributed by atoms with E-state index in [4.69, 9.17) is 4.74 Å². The third kappa shape index (κ3) is 2.60. The van der Waals surface area contributed by atoms with E-state index in [2.05, 4.69) is 4.90 Å².